The van der Waals surface area contributed by atoms with Crippen LogP contribution in [0.1, 0.15) is 16.8 Å². The molecule has 0 aliphatic heterocycles. The summed E-state index contributed by atoms with van der Waals surface area (Å²) < 4.78 is 47.7. The third kappa shape index (κ3) is 4.09. The zero-order valence-electron chi connectivity index (χ0n) is 18.4. The van der Waals surface area contributed by atoms with Crippen LogP contribution in [0.2, 0.25) is 0 Å². The smallest absolute Gasteiger partial charge is 0.491 e. The predicted octanol–water partition coefficient (Wildman–Crippen LogP) is 4.01. The normalized spacial score (nSPS) is 11.6. The van der Waals surface area contributed by atoms with E-state index in [1.54, 1.807) is 21.0 Å². The van der Waals surface area contributed by atoms with Crippen LogP contribution in [0.5, 0.6) is 11.5 Å². The van der Waals surface area contributed by atoms with Gasteiger partial charge in [0.25, 0.3) is 5.56 Å². The molecule has 4 aromatic rings. The van der Waals surface area contributed by atoms with Gasteiger partial charge in [-0.15, -0.1) is 0 Å². The van der Waals surface area contributed by atoms with E-state index in [2.05, 4.69) is 30.0 Å². The lowest BCUT2D eigenvalue weighted by Crippen LogP contribution is -2.28. The summed E-state index contributed by atoms with van der Waals surface area (Å²) in [5, 5.41) is 3.27. The van der Waals surface area contributed by atoms with Gasteiger partial charge in [0.2, 0.25) is 11.9 Å². The lowest BCUT2D eigenvalue weighted by molar-refractivity contribution is -0.189. The minimum atomic E-state index is -5.22. The minimum Gasteiger partial charge on any atom is -0.496 e. The number of ether oxygens (including phenoxy) is 2. The topological polar surface area (TPSA) is 119 Å². The number of methoxy groups -OCH3 is 1. The Kier molecular flexibility index (Phi) is 5.59. The molecule has 0 saturated carbocycles. The molecule has 0 bridgehead atoms. The highest BCUT2D eigenvalue weighted by atomic mass is 19.4. The van der Waals surface area contributed by atoms with Crippen LogP contribution in [0, 0.1) is 20.8 Å². The number of esters is 1. The van der Waals surface area contributed by atoms with Gasteiger partial charge < -0.3 is 9.47 Å². The third-order valence-corrected chi connectivity index (χ3v) is 5.10. The highest BCUT2D eigenvalue weighted by Crippen LogP contribution is 2.31. The predicted molar refractivity (Wildman–Crippen MR) is 118 cm³/mol. The molecule has 0 saturated heterocycles. The number of alkyl halides is 3. The van der Waals surface area contributed by atoms with Crippen LogP contribution in [0.25, 0.3) is 21.8 Å². The second-order valence-corrected chi connectivity index (χ2v) is 7.47. The Morgan fingerprint density at radius 3 is 2.18 bits per heavy atom. The van der Waals surface area contributed by atoms with Crippen LogP contribution in [0.15, 0.2) is 29.1 Å². The first-order valence-electron chi connectivity index (χ1n) is 9.91. The van der Waals surface area contributed by atoms with Crippen molar-refractivity contribution in [2.24, 2.45) is 0 Å². The molecule has 0 amide bonds. The summed E-state index contributed by atoms with van der Waals surface area (Å²) in [7, 11) is 1.54. The van der Waals surface area contributed by atoms with Gasteiger partial charge in [0.05, 0.1) is 29.2 Å². The Morgan fingerprint density at radius 2 is 1.56 bits per heavy atom. The van der Waals surface area contributed by atoms with Gasteiger partial charge in [-0.2, -0.15) is 13.2 Å². The number of H-pyrrole nitrogens is 1. The lowest BCUT2D eigenvalue weighted by atomic mass is 10.1. The molecule has 2 heterocycles. The summed E-state index contributed by atoms with van der Waals surface area (Å²) in [6.07, 6.45) is -5.22. The molecule has 9 nitrogen and oxygen atoms in total. The average molecular weight is 473 g/mol. The summed E-state index contributed by atoms with van der Waals surface area (Å²) in [6, 6.07) is 6.16. The Hall–Kier alpha value is -4.22. The fraction of sp³-hybridized carbons (Fsp3) is 0.227. The number of carbonyl (C=O) groups excluding carboxylic acids is 1. The van der Waals surface area contributed by atoms with Gasteiger partial charge in [0.1, 0.15) is 16.9 Å². The molecule has 0 radical (unpaired) electrons. The van der Waals surface area contributed by atoms with Crippen LogP contribution in [-0.4, -0.2) is 39.2 Å². The van der Waals surface area contributed by atoms with Gasteiger partial charge in [0.15, 0.2) is 0 Å². The van der Waals surface area contributed by atoms with Gasteiger partial charge in [0, 0.05) is 0 Å². The van der Waals surface area contributed by atoms with Gasteiger partial charge in [-0.25, -0.2) is 19.7 Å². The van der Waals surface area contributed by atoms with E-state index in [4.69, 9.17) is 4.74 Å². The van der Waals surface area contributed by atoms with Crippen molar-refractivity contribution in [3.63, 3.8) is 0 Å². The molecule has 0 atom stereocenters. The first-order chi connectivity index (χ1) is 16.0. The van der Waals surface area contributed by atoms with E-state index in [0.29, 0.717) is 22.5 Å². The number of halogens is 3. The van der Waals surface area contributed by atoms with Crippen molar-refractivity contribution in [3.05, 3.63) is 51.4 Å². The number of hydrogen-bond acceptors (Lipinski definition) is 8. The number of aryl methyl sites for hydroxylation is 3. The van der Waals surface area contributed by atoms with Crippen LogP contribution < -0.4 is 20.3 Å². The van der Waals surface area contributed by atoms with E-state index in [0.717, 1.165) is 17.0 Å². The number of aromatic nitrogens is 4. The fourth-order valence-corrected chi connectivity index (χ4v) is 3.50. The molecule has 0 aliphatic carbocycles. The molecule has 2 aromatic carbocycles. The number of nitrogens with one attached hydrogen (secondary N) is 2. The van der Waals surface area contributed by atoms with Crippen LogP contribution in [0.3, 0.4) is 0 Å². The number of rotatable bonds is 4. The van der Waals surface area contributed by atoms with E-state index in [1.807, 2.05) is 19.1 Å². The Balaban J connectivity index is 1.79. The maximum atomic E-state index is 12.7. The summed E-state index contributed by atoms with van der Waals surface area (Å²) in [6.45, 7) is 5.26. The maximum Gasteiger partial charge on any atom is 0.491 e. The molecule has 12 heteroatoms. The lowest BCUT2D eigenvalue weighted by Gasteiger charge is -2.13. The molecule has 176 valence electrons. The van der Waals surface area contributed by atoms with Crippen molar-refractivity contribution in [1.29, 1.82) is 0 Å². The van der Waals surface area contributed by atoms with E-state index in [-0.39, 0.29) is 22.8 Å². The van der Waals surface area contributed by atoms with Crippen LogP contribution >= 0.6 is 0 Å². The van der Waals surface area contributed by atoms with Crippen molar-refractivity contribution < 1.29 is 27.4 Å². The molecule has 0 unspecified atom stereocenters. The Morgan fingerprint density at radius 1 is 0.941 bits per heavy atom. The standard InChI is InChI=1S/C22H18F3N5O4/c1-9-5-7-12(33-4)14-11(3)26-20(27-16(9)14)30-21-28-17-10(2)6-8-13(15(17)18(31)29-21)34-19(32)22(23,24)25/h5-8H,1-4H3,(H2,26,27,28,29,30,31). The highest BCUT2D eigenvalue weighted by Gasteiger charge is 2.41. The Bertz CT molecular complexity index is 1520. The van der Waals surface area contributed by atoms with Gasteiger partial charge in [-0.05, 0) is 44.0 Å². The molecule has 4 rings (SSSR count). The summed E-state index contributed by atoms with van der Waals surface area (Å²) >= 11 is 0. The number of hydrogen-bond donors (Lipinski definition) is 2. The van der Waals surface area contributed by atoms with E-state index in [1.165, 1.54) is 6.07 Å². The van der Waals surface area contributed by atoms with Crippen molar-refractivity contribution in [1.82, 2.24) is 19.9 Å². The molecular formula is C22H18F3N5O4. The first kappa shape index (κ1) is 23.0. The monoisotopic (exact) mass is 473 g/mol. The van der Waals surface area contributed by atoms with Crippen molar-refractivity contribution >= 4 is 39.7 Å². The Labute approximate surface area is 190 Å². The van der Waals surface area contributed by atoms with Gasteiger partial charge >= 0.3 is 12.1 Å². The second-order valence-electron chi connectivity index (χ2n) is 7.47. The number of nitrogens with zero attached hydrogens (tertiary/aromatic N) is 3. The SMILES string of the molecule is COc1ccc(C)c2nc(Nc3nc4c(C)ccc(OC(=O)C(F)(F)F)c4c(=O)[nH]3)nc(C)c12. The molecule has 0 aliphatic rings. The van der Waals surface area contributed by atoms with Crippen LogP contribution in [-0.2, 0) is 4.79 Å². The zero-order valence-corrected chi connectivity index (χ0v) is 18.4. The van der Waals surface area contributed by atoms with Gasteiger partial charge in [-0.3, -0.25) is 15.1 Å². The number of aromatic amines is 1. The fourth-order valence-electron chi connectivity index (χ4n) is 3.50. The number of anilines is 2. The van der Waals surface area contributed by atoms with E-state index < -0.39 is 23.5 Å². The van der Waals surface area contributed by atoms with Crippen LogP contribution in [0.4, 0.5) is 25.1 Å². The molecule has 2 aromatic heterocycles. The summed E-state index contributed by atoms with van der Waals surface area (Å²) in [5.74, 6) is -2.28. The summed E-state index contributed by atoms with van der Waals surface area (Å²) in [4.78, 5) is 39.6. The highest BCUT2D eigenvalue weighted by molar-refractivity contribution is 5.92. The van der Waals surface area contributed by atoms with Crippen molar-refractivity contribution in [3.8, 4) is 11.5 Å². The first-order valence-corrected chi connectivity index (χ1v) is 9.91. The van der Waals surface area contributed by atoms with Crippen molar-refractivity contribution in [2.75, 3.05) is 12.4 Å². The largest absolute Gasteiger partial charge is 0.496 e. The average Bonchev–Trinajstić information content (AvgIpc) is 2.75. The number of carbonyl (C=O) groups is 1. The van der Waals surface area contributed by atoms with Gasteiger partial charge in [-0.1, -0.05) is 12.1 Å². The van der Waals surface area contributed by atoms with E-state index >= 15 is 0 Å². The molecule has 34 heavy (non-hydrogen) atoms. The van der Waals surface area contributed by atoms with Crippen molar-refractivity contribution in [2.45, 2.75) is 26.9 Å². The second kappa shape index (κ2) is 8.28. The minimum absolute atomic E-state index is 0.0424. The molecule has 2 N–H and O–H groups in total. The van der Waals surface area contributed by atoms with E-state index in [9.17, 15) is 22.8 Å². The third-order valence-electron chi connectivity index (χ3n) is 5.10. The molecular weight excluding hydrogens is 455 g/mol. The number of benzene rings is 2. The molecule has 0 spiro atoms. The number of fused-ring (bicyclic) bond motifs is 2. The summed E-state index contributed by atoms with van der Waals surface area (Å²) in [5.41, 5.74) is 1.85. The quantitative estimate of drug-likeness (QED) is 0.337. The zero-order chi connectivity index (χ0) is 24.8. The molecule has 0 fully saturated rings. The maximum absolute atomic E-state index is 12.7.